The smallest absolute Gasteiger partial charge is 0.347 e. The molecule has 0 saturated heterocycles. The van der Waals surface area contributed by atoms with Gasteiger partial charge in [-0.2, -0.15) is 0 Å². The standard InChI is InChI=1S/C20H18O5/c1-13-10-19(21)25-18-11-16(8-9-17(13)18)24-14(2)20(22)23-12-15-6-4-3-5-7-15/h3-11,14H,12H2,1-2H3. The van der Waals surface area contributed by atoms with Crippen LogP contribution in [0.5, 0.6) is 5.75 Å². The van der Waals surface area contributed by atoms with Crippen LogP contribution in [-0.4, -0.2) is 12.1 Å². The number of benzene rings is 2. The van der Waals surface area contributed by atoms with Crippen LogP contribution < -0.4 is 10.4 Å². The van der Waals surface area contributed by atoms with Gasteiger partial charge in [0, 0.05) is 17.5 Å². The Labute approximate surface area is 144 Å². The minimum atomic E-state index is -0.780. The second kappa shape index (κ2) is 7.21. The molecule has 0 bridgehead atoms. The average molecular weight is 338 g/mol. The van der Waals surface area contributed by atoms with Crippen molar-refractivity contribution in [3.8, 4) is 5.75 Å². The van der Waals surface area contributed by atoms with E-state index >= 15 is 0 Å². The highest BCUT2D eigenvalue weighted by atomic mass is 16.6. The Morgan fingerprint density at radius 1 is 1.12 bits per heavy atom. The summed E-state index contributed by atoms with van der Waals surface area (Å²) in [5, 5.41) is 0.825. The molecule has 3 rings (SSSR count). The van der Waals surface area contributed by atoms with E-state index in [0.717, 1.165) is 16.5 Å². The zero-order valence-corrected chi connectivity index (χ0v) is 14.0. The van der Waals surface area contributed by atoms with Crippen molar-refractivity contribution in [1.82, 2.24) is 0 Å². The van der Waals surface area contributed by atoms with Gasteiger partial charge in [-0.3, -0.25) is 0 Å². The van der Waals surface area contributed by atoms with Gasteiger partial charge in [-0.05, 0) is 37.1 Å². The number of esters is 1. The molecule has 1 heterocycles. The predicted octanol–water partition coefficient (Wildman–Crippen LogP) is 3.61. The third kappa shape index (κ3) is 4.07. The molecule has 0 saturated carbocycles. The molecule has 25 heavy (non-hydrogen) atoms. The van der Waals surface area contributed by atoms with E-state index in [0.29, 0.717) is 11.3 Å². The highest BCUT2D eigenvalue weighted by molar-refractivity contribution is 5.81. The Hall–Kier alpha value is -3.08. The first-order valence-electron chi connectivity index (χ1n) is 7.94. The molecule has 0 amide bonds. The van der Waals surface area contributed by atoms with E-state index in [2.05, 4.69) is 0 Å². The van der Waals surface area contributed by atoms with Crippen LogP contribution in [0.3, 0.4) is 0 Å². The molecule has 0 spiro atoms. The number of rotatable bonds is 5. The van der Waals surface area contributed by atoms with Crippen LogP contribution in [0.1, 0.15) is 18.1 Å². The Balaban J connectivity index is 1.67. The fourth-order valence-electron chi connectivity index (χ4n) is 2.48. The molecule has 5 nitrogen and oxygen atoms in total. The maximum atomic E-state index is 12.1. The SMILES string of the molecule is Cc1cc(=O)oc2cc(OC(C)C(=O)OCc3ccccc3)ccc12. The van der Waals surface area contributed by atoms with E-state index in [4.69, 9.17) is 13.9 Å². The lowest BCUT2D eigenvalue weighted by atomic mass is 10.1. The van der Waals surface area contributed by atoms with Gasteiger partial charge in [0.25, 0.3) is 0 Å². The van der Waals surface area contributed by atoms with E-state index in [1.54, 1.807) is 25.1 Å². The minimum Gasteiger partial charge on any atom is -0.479 e. The summed E-state index contributed by atoms with van der Waals surface area (Å²) in [6.07, 6.45) is -0.780. The van der Waals surface area contributed by atoms with Gasteiger partial charge in [-0.15, -0.1) is 0 Å². The number of fused-ring (bicyclic) bond motifs is 1. The molecule has 0 aliphatic rings. The molecule has 0 aliphatic carbocycles. The van der Waals surface area contributed by atoms with Gasteiger partial charge in [-0.1, -0.05) is 30.3 Å². The highest BCUT2D eigenvalue weighted by Gasteiger charge is 2.17. The van der Waals surface area contributed by atoms with Gasteiger partial charge in [-0.25, -0.2) is 9.59 Å². The van der Waals surface area contributed by atoms with Crippen molar-refractivity contribution < 1.29 is 18.7 Å². The first-order valence-corrected chi connectivity index (χ1v) is 7.94. The van der Waals surface area contributed by atoms with Gasteiger partial charge in [0.05, 0.1) is 0 Å². The molecular weight excluding hydrogens is 320 g/mol. The first-order chi connectivity index (χ1) is 12.0. The lowest BCUT2D eigenvalue weighted by Crippen LogP contribution is -2.26. The minimum absolute atomic E-state index is 0.194. The number of hydrogen-bond acceptors (Lipinski definition) is 5. The largest absolute Gasteiger partial charge is 0.479 e. The lowest BCUT2D eigenvalue weighted by Gasteiger charge is -2.14. The van der Waals surface area contributed by atoms with E-state index in [1.807, 2.05) is 37.3 Å². The highest BCUT2D eigenvalue weighted by Crippen LogP contribution is 2.23. The summed E-state index contributed by atoms with van der Waals surface area (Å²) in [6.45, 7) is 3.65. The van der Waals surface area contributed by atoms with Crippen molar-refractivity contribution in [3.63, 3.8) is 0 Å². The normalized spacial score (nSPS) is 11.9. The average Bonchev–Trinajstić information content (AvgIpc) is 2.60. The van der Waals surface area contributed by atoms with Crippen molar-refractivity contribution in [2.75, 3.05) is 0 Å². The molecule has 0 aliphatic heterocycles. The fraction of sp³-hybridized carbons (Fsp3) is 0.200. The van der Waals surface area contributed by atoms with Crippen molar-refractivity contribution in [2.24, 2.45) is 0 Å². The summed E-state index contributed by atoms with van der Waals surface area (Å²) in [6, 6.07) is 16.0. The van der Waals surface area contributed by atoms with Crippen LogP contribution in [0.15, 0.2) is 63.8 Å². The second-order valence-corrected chi connectivity index (χ2v) is 5.76. The van der Waals surface area contributed by atoms with Crippen molar-refractivity contribution in [2.45, 2.75) is 26.6 Å². The van der Waals surface area contributed by atoms with Crippen molar-refractivity contribution in [1.29, 1.82) is 0 Å². The Morgan fingerprint density at radius 3 is 2.64 bits per heavy atom. The summed E-state index contributed by atoms with van der Waals surface area (Å²) in [5.74, 6) is -0.0277. The molecule has 128 valence electrons. The third-order valence-corrected chi connectivity index (χ3v) is 3.79. The Morgan fingerprint density at radius 2 is 1.88 bits per heavy atom. The van der Waals surface area contributed by atoms with Gasteiger partial charge in [0.15, 0.2) is 6.10 Å². The third-order valence-electron chi connectivity index (χ3n) is 3.79. The van der Waals surface area contributed by atoms with Gasteiger partial charge in [0.2, 0.25) is 0 Å². The topological polar surface area (TPSA) is 65.7 Å². The zero-order chi connectivity index (χ0) is 17.8. The molecule has 0 fully saturated rings. The van der Waals surface area contributed by atoms with Crippen LogP contribution in [-0.2, 0) is 16.1 Å². The van der Waals surface area contributed by atoms with E-state index in [-0.39, 0.29) is 6.61 Å². The zero-order valence-electron chi connectivity index (χ0n) is 14.0. The van der Waals surface area contributed by atoms with Gasteiger partial charge >= 0.3 is 11.6 Å². The van der Waals surface area contributed by atoms with Crippen LogP contribution in [0.4, 0.5) is 0 Å². The van der Waals surface area contributed by atoms with Crippen molar-refractivity contribution >= 4 is 16.9 Å². The lowest BCUT2D eigenvalue weighted by molar-refractivity contribution is -0.152. The quantitative estimate of drug-likeness (QED) is 0.525. The van der Waals surface area contributed by atoms with Crippen LogP contribution in [0.25, 0.3) is 11.0 Å². The first kappa shape index (κ1) is 16.8. The van der Waals surface area contributed by atoms with Crippen molar-refractivity contribution in [3.05, 3.63) is 76.1 Å². The molecular formula is C20H18O5. The number of hydrogen-bond donors (Lipinski definition) is 0. The maximum Gasteiger partial charge on any atom is 0.347 e. The number of aryl methyl sites for hydroxylation is 1. The molecule has 1 unspecified atom stereocenters. The monoisotopic (exact) mass is 338 g/mol. The molecule has 2 aromatic carbocycles. The summed E-state index contributed by atoms with van der Waals surface area (Å²) in [7, 11) is 0. The summed E-state index contributed by atoms with van der Waals surface area (Å²) >= 11 is 0. The molecule has 0 radical (unpaired) electrons. The van der Waals surface area contributed by atoms with Gasteiger partial charge < -0.3 is 13.9 Å². The Kier molecular flexibility index (Phi) is 4.84. The molecule has 0 N–H and O–H groups in total. The second-order valence-electron chi connectivity index (χ2n) is 5.76. The summed E-state index contributed by atoms with van der Waals surface area (Å²) < 4.78 is 16.0. The molecule has 1 atom stereocenters. The summed E-state index contributed by atoms with van der Waals surface area (Å²) in [4.78, 5) is 23.6. The van der Waals surface area contributed by atoms with Crippen LogP contribution in [0, 0.1) is 6.92 Å². The van der Waals surface area contributed by atoms with E-state index in [1.165, 1.54) is 6.07 Å². The Bertz CT molecular complexity index is 943. The fourth-order valence-corrected chi connectivity index (χ4v) is 2.48. The van der Waals surface area contributed by atoms with E-state index in [9.17, 15) is 9.59 Å². The number of carbonyl (C=O) groups excluding carboxylic acids is 1. The van der Waals surface area contributed by atoms with Gasteiger partial charge in [0.1, 0.15) is 17.9 Å². The molecule has 5 heteroatoms. The summed E-state index contributed by atoms with van der Waals surface area (Å²) in [5.41, 5.74) is 1.74. The molecule has 3 aromatic rings. The van der Waals surface area contributed by atoms with Crippen LogP contribution >= 0.6 is 0 Å². The van der Waals surface area contributed by atoms with E-state index < -0.39 is 17.7 Å². The maximum absolute atomic E-state index is 12.1. The number of carbonyl (C=O) groups is 1. The van der Waals surface area contributed by atoms with Crippen LogP contribution in [0.2, 0.25) is 0 Å². The predicted molar refractivity (Wildman–Crippen MR) is 93.5 cm³/mol. The number of ether oxygens (including phenoxy) is 2. The molecule has 1 aromatic heterocycles.